The van der Waals surface area contributed by atoms with Gasteiger partial charge in [0.2, 0.25) is 29.5 Å². The minimum absolute atomic E-state index is 0.0420. The van der Waals surface area contributed by atoms with Gasteiger partial charge in [-0.05, 0) is 17.7 Å². The monoisotopic (exact) mass is 543 g/mol. The van der Waals surface area contributed by atoms with Crippen LogP contribution in [0.5, 0.6) is 5.75 Å². The van der Waals surface area contributed by atoms with E-state index in [2.05, 4.69) is 51.8 Å². The Bertz CT molecular complexity index is 960. The lowest BCUT2D eigenvalue weighted by molar-refractivity contribution is -0.138. The Morgan fingerprint density at radius 3 is 1.83 bits per heavy atom. The zero-order valence-corrected chi connectivity index (χ0v) is 21.1. The Morgan fingerprint density at radius 1 is 0.778 bits per heavy atom. The summed E-state index contributed by atoms with van der Waals surface area (Å²) in [7, 11) is 0. The molecule has 0 saturated carbocycles. The van der Waals surface area contributed by atoms with Gasteiger partial charge in [-0.25, -0.2) is 0 Å². The van der Waals surface area contributed by atoms with Crippen molar-refractivity contribution in [2.45, 2.75) is 31.5 Å². The third-order valence-corrected chi connectivity index (χ3v) is 5.29. The molecule has 0 aromatic heterocycles. The van der Waals surface area contributed by atoms with Crippen molar-refractivity contribution in [3.63, 3.8) is 0 Å². The summed E-state index contributed by atoms with van der Waals surface area (Å²) in [6, 6.07) is 2.71. The van der Waals surface area contributed by atoms with Gasteiger partial charge < -0.3 is 36.8 Å². The van der Waals surface area contributed by atoms with Crippen LogP contribution in [0.2, 0.25) is 0 Å². The molecule has 0 aliphatic heterocycles. The average Bonchev–Trinajstić information content (AvgIpc) is 2.83. The Hall–Kier alpha value is -3.46. The first kappa shape index (κ1) is 30.6. The highest BCUT2D eigenvalue weighted by Gasteiger charge is 2.26. The predicted molar refractivity (Wildman–Crippen MR) is 135 cm³/mol. The lowest BCUT2D eigenvalue weighted by Crippen LogP contribution is -2.56. The normalized spacial score (nSPS) is 12.9. The highest BCUT2D eigenvalue weighted by molar-refractivity contribution is 7.80. The van der Waals surface area contributed by atoms with Gasteiger partial charge in [0.25, 0.3) is 0 Å². The second-order valence-corrected chi connectivity index (χ2v) is 8.23. The van der Waals surface area contributed by atoms with Crippen LogP contribution in [0.3, 0.4) is 0 Å². The van der Waals surface area contributed by atoms with Crippen LogP contribution in [0.15, 0.2) is 24.3 Å². The minimum Gasteiger partial charge on any atom is -0.508 e. The molecule has 15 heteroatoms. The minimum atomic E-state index is -1.26. The van der Waals surface area contributed by atoms with E-state index in [0.29, 0.717) is 5.56 Å². The first-order chi connectivity index (χ1) is 17.0. The second-order valence-electron chi connectivity index (χ2n) is 7.50. The molecule has 0 bridgehead atoms. The topological polar surface area (TPSA) is 203 Å². The fraction of sp³-hybridized carbons (Fsp3) is 0.429. The fourth-order valence-corrected chi connectivity index (χ4v) is 3.32. The number of amides is 5. The van der Waals surface area contributed by atoms with Crippen molar-refractivity contribution in [1.29, 1.82) is 0 Å². The first-order valence-corrected chi connectivity index (χ1v) is 11.9. The molecule has 0 spiro atoms. The second kappa shape index (κ2) is 15.5. The maximum Gasteiger partial charge on any atom is 0.322 e. The summed E-state index contributed by atoms with van der Waals surface area (Å²) in [4.78, 5) is 71.4. The number of rotatable bonds is 14. The molecule has 0 aliphatic rings. The number of benzene rings is 1. The highest BCUT2D eigenvalue weighted by Crippen LogP contribution is 2.11. The highest BCUT2D eigenvalue weighted by atomic mass is 32.1. The molecule has 0 heterocycles. The average molecular weight is 544 g/mol. The number of carboxylic acid groups (broad SMARTS) is 1. The largest absolute Gasteiger partial charge is 0.508 e. The molecule has 3 atom stereocenters. The molecule has 1 aromatic carbocycles. The smallest absolute Gasteiger partial charge is 0.322 e. The Labute approximate surface area is 218 Å². The standard InChI is InChI=1S/C21H29N5O8S2/c1-11(27)24-14(6-12-2-4-13(28)5-3-12)19(32)22-7-17(29)25-16(10-36)21(34)26-15(9-35)20(33)23-8-18(30)31/h2-5,14-16,28,35-36H,6-10H2,1H3,(H,22,32)(H,23,33)(H,24,27)(H,25,29)(H,26,34)(H,30,31)/t14-,15-,16-/m0/s1. The maximum absolute atomic E-state index is 12.6. The molecule has 1 aromatic rings. The van der Waals surface area contributed by atoms with E-state index in [1.165, 1.54) is 19.1 Å². The van der Waals surface area contributed by atoms with E-state index in [1.807, 2.05) is 0 Å². The van der Waals surface area contributed by atoms with E-state index in [0.717, 1.165) is 0 Å². The fourth-order valence-electron chi connectivity index (χ4n) is 2.80. The van der Waals surface area contributed by atoms with E-state index >= 15 is 0 Å². The molecule has 0 fully saturated rings. The number of carboxylic acids is 1. The number of carbonyl (C=O) groups excluding carboxylic acids is 5. The van der Waals surface area contributed by atoms with Gasteiger partial charge in [-0.3, -0.25) is 28.8 Å². The number of phenolic OH excluding ortho intramolecular Hbond substituents is 1. The van der Waals surface area contributed by atoms with E-state index in [-0.39, 0.29) is 23.7 Å². The predicted octanol–water partition coefficient (Wildman–Crippen LogP) is -2.41. The van der Waals surface area contributed by atoms with Crippen LogP contribution < -0.4 is 26.6 Å². The number of carbonyl (C=O) groups is 6. The van der Waals surface area contributed by atoms with Gasteiger partial charge in [0, 0.05) is 24.9 Å². The molecule has 0 aliphatic carbocycles. The van der Waals surface area contributed by atoms with Crippen LogP contribution in [0, 0.1) is 0 Å². The van der Waals surface area contributed by atoms with Gasteiger partial charge in [-0.2, -0.15) is 25.3 Å². The number of thiol groups is 2. The molecule has 5 amide bonds. The van der Waals surface area contributed by atoms with Crippen molar-refractivity contribution >= 4 is 60.8 Å². The Kier molecular flexibility index (Phi) is 13.2. The Balaban J connectivity index is 2.67. The van der Waals surface area contributed by atoms with Crippen molar-refractivity contribution in [1.82, 2.24) is 26.6 Å². The van der Waals surface area contributed by atoms with Crippen LogP contribution >= 0.6 is 25.3 Å². The van der Waals surface area contributed by atoms with Gasteiger partial charge in [0.05, 0.1) is 6.54 Å². The molecule has 0 saturated heterocycles. The summed E-state index contributed by atoms with van der Waals surface area (Å²) in [5, 5.41) is 29.7. The summed E-state index contributed by atoms with van der Waals surface area (Å²) in [6.07, 6.45) is 0.101. The van der Waals surface area contributed by atoms with Crippen molar-refractivity contribution in [3.8, 4) is 5.75 Å². The quantitative estimate of drug-likeness (QED) is 0.115. The third-order valence-electron chi connectivity index (χ3n) is 4.56. The van der Waals surface area contributed by atoms with Gasteiger partial charge in [-0.1, -0.05) is 12.1 Å². The van der Waals surface area contributed by atoms with Crippen molar-refractivity contribution in [2.75, 3.05) is 24.6 Å². The molecule has 198 valence electrons. The van der Waals surface area contributed by atoms with Gasteiger partial charge >= 0.3 is 5.97 Å². The summed E-state index contributed by atoms with van der Waals surface area (Å²) >= 11 is 7.98. The zero-order valence-electron chi connectivity index (χ0n) is 19.3. The van der Waals surface area contributed by atoms with Crippen LogP contribution in [0.1, 0.15) is 12.5 Å². The molecule has 1 rings (SSSR count). The van der Waals surface area contributed by atoms with Crippen LogP contribution in [0.25, 0.3) is 0 Å². The molecule has 13 nitrogen and oxygen atoms in total. The number of hydrogen-bond acceptors (Lipinski definition) is 9. The van der Waals surface area contributed by atoms with Gasteiger partial charge in [-0.15, -0.1) is 0 Å². The summed E-state index contributed by atoms with van der Waals surface area (Å²) in [6.45, 7) is 0.0779. The molecular weight excluding hydrogens is 514 g/mol. The van der Waals surface area contributed by atoms with Crippen molar-refractivity contribution < 1.29 is 39.0 Å². The molecule has 0 unspecified atom stereocenters. The van der Waals surface area contributed by atoms with Crippen molar-refractivity contribution in [2.24, 2.45) is 0 Å². The lowest BCUT2D eigenvalue weighted by atomic mass is 10.0. The zero-order chi connectivity index (χ0) is 27.3. The third kappa shape index (κ3) is 11.3. The number of nitrogens with one attached hydrogen (secondary N) is 5. The number of phenols is 1. The number of hydrogen-bond donors (Lipinski definition) is 9. The molecule has 7 N–H and O–H groups in total. The van der Waals surface area contributed by atoms with Crippen LogP contribution in [-0.2, 0) is 35.2 Å². The first-order valence-electron chi connectivity index (χ1n) is 10.6. The van der Waals surface area contributed by atoms with E-state index in [1.54, 1.807) is 12.1 Å². The molecular formula is C21H29N5O8S2. The van der Waals surface area contributed by atoms with E-state index in [4.69, 9.17) is 5.11 Å². The van der Waals surface area contributed by atoms with Crippen LogP contribution in [-0.4, -0.2) is 88.4 Å². The van der Waals surface area contributed by atoms with Gasteiger partial charge in [0.15, 0.2) is 0 Å². The summed E-state index contributed by atoms with van der Waals surface area (Å²) in [5.74, 6) is -4.88. The van der Waals surface area contributed by atoms with Crippen LogP contribution in [0.4, 0.5) is 0 Å². The molecule has 0 radical (unpaired) electrons. The number of aliphatic carboxylic acids is 1. The van der Waals surface area contributed by atoms with Crippen molar-refractivity contribution in [3.05, 3.63) is 29.8 Å². The SMILES string of the molecule is CC(=O)N[C@@H](Cc1ccc(O)cc1)C(=O)NCC(=O)N[C@@H](CS)C(=O)N[C@@H](CS)C(=O)NCC(=O)O. The lowest BCUT2D eigenvalue weighted by Gasteiger charge is -2.21. The molecule has 36 heavy (non-hydrogen) atoms. The van der Waals surface area contributed by atoms with Gasteiger partial charge in [0.1, 0.15) is 30.4 Å². The summed E-state index contributed by atoms with van der Waals surface area (Å²) in [5.41, 5.74) is 0.657. The van der Waals surface area contributed by atoms with E-state index in [9.17, 15) is 33.9 Å². The Morgan fingerprint density at radius 2 is 1.31 bits per heavy atom. The summed E-state index contributed by atoms with van der Waals surface area (Å²) < 4.78 is 0. The maximum atomic E-state index is 12.6. The van der Waals surface area contributed by atoms with E-state index < -0.39 is 66.7 Å². The number of aromatic hydroxyl groups is 1.